The van der Waals surface area contributed by atoms with Gasteiger partial charge in [-0.05, 0) is 45.4 Å². The van der Waals surface area contributed by atoms with Gasteiger partial charge in [-0.2, -0.15) is 0 Å². The normalized spacial score (nSPS) is 40.7. The van der Waals surface area contributed by atoms with Crippen LogP contribution in [0.1, 0.15) is 46.0 Å². The highest BCUT2D eigenvalue weighted by Gasteiger charge is 2.48. The number of carbonyl (C=O) groups excluding carboxylic acids is 1. The van der Waals surface area contributed by atoms with Crippen molar-refractivity contribution in [2.75, 3.05) is 12.8 Å². The van der Waals surface area contributed by atoms with Crippen LogP contribution in [0.2, 0.25) is 0 Å². The maximum Gasteiger partial charge on any atom is 0.237 e. The number of rotatable bonds is 7. The number of amides is 1. The number of hydrogen-bond acceptors (Lipinski definition) is 7. The van der Waals surface area contributed by atoms with E-state index in [1.807, 2.05) is 6.92 Å². The van der Waals surface area contributed by atoms with Gasteiger partial charge in [0.15, 0.2) is 0 Å². The number of carbonyl (C=O) groups is 1. The first kappa shape index (κ1) is 25.1. The minimum absolute atomic E-state index is 0.301. The molecule has 2 aliphatic heterocycles. The van der Waals surface area contributed by atoms with Crippen molar-refractivity contribution in [1.82, 2.24) is 10.6 Å². The number of hydrogen-bond donors (Lipinski definition) is 5. The second kappa shape index (κ2) is 10.9. The summed E-state index contributed by atoms with van der Waals surface area (Å²) in [6.45, 7) is 4.00. The molecule has 4 unspecified atom stereocenters. The predicted molar refractivity (Wildman–Crippen MR) is 112 cm³/mol. The van der Waals surface area contributed by atoms with E-state index < -0.39 is 53.0 Å². The van der Waals surface area contributed by atoms with Gasteiger partial charge in [0.2, 0.25) is 5.91 Å². The van der Waals surface area contributed by atoms with Crippen molar-refractivity contribution in [2.45, 2.75) is 98.9 Å². The summed E-state index contributed by atoms with van der Waals surface area (Å²) < 4.78 is 20.6. The summed E-state index contributed by atoms with van der Waals surface area (Å²) in [5.74, 6) is -0.347. The Morgan fingerprint density at radius 2 is 2.03 bits per heavy atom. The van der Waals surface area contributed by atoms with Crippen LogP contribution in [0.3, 0.4) is 0 Å². The number of thioether (sulfide) groups is 1. The van der Waals surface area contributed by atoms with Gasteiger partial charge in [0.05, 0.1) is 17.5 Å². The third-order valence-electron chi connectivity index (χ3n) is 5.86. The maximum absolute atomic E-state index is 14.9. The van der Waals surface area contributed by atoms with Crippen LogP contribution in [0.4, 0.5) is 4.39 Å². The smallest absolute Gasteiger partial charge is 0.237 e. The molecule has 7 nitrogen and oxygen atoms in total. The highest BCUT2D eigenvalue weighted by Crippen LogP contribution is 2.32. The van der Waals surface area contributed by atoms with E-state index in [0.29, 0.717) is 32.2 Å². The maximum atomic E-state index is 14.9. The summed E-state index contributed by atoms with van der Waals surface area (Å²) in [5.41, 5.74) is -2.02. The molecule has 2 saturated heterocycles. The lowest BCUT2D eigenvalue weighted by Gasteiger charge is -2.44. The Labute approximate surface area is 181 Å². The van der Waals surface area contributed by atoms with Crippen molar-refractivity contribution in [3.8, 4) is 0 Å². The van der Waals surface area contributed by atoms with Gasteiger partial charge in [-0.1, -0.05) is 13.3 Å². The summed E-state index contributed by atoms with van der Waals surface area (Å²) in [6.07, 6.45) is -1.12. The van der Waals surface area contributed by atoms with Crippen LogP contribution in [-0.2, 0) is 9.53 Å². The molecule has 1 amide bonds. The number of aliphatic hydroxyl groups is 3. The molecule has 0 saturated carbocycles. The number of nitrogens with one attached hydrogen (secondary N) is 2. The Hall–Kier alpha value is -0.160. The van der Waals surface area contributed by atoms with E-state index >= 15 is 0 Å². The van der Waals surface area contributed by atoms with Crippen LogP contribution in [0.15, 0.2) is 0 Å². The van der Waals surface area contributed by atoms with Crippen LogP contribution in [0.25, 0.3) is 0 Å². The molecule has 0 aromatic rings. The van der Waals surface area contributed by atoms with Crippen molar-refractivity contribution in [1.29, 1.82) is 0 Å². The van der Waals surface area contributed by atoms with E-state index in [-0.39, 0.29) is 5.91 Å². The fraction of sp³-hybridized carbons (Fsp3) is 0.947. The van der Waals surface area contributed by atoms with E-state index in [9.17, 15) is 24.5 Å². The average Bonchev–Trinajstić information content (AvgIpc) is 2.87. The molecular weight excluding hydrogens is 423 g/mol. The van der Waals surface area contributed by atoms with Gasteiger partial charge in [0.1, 0.15) is 35.5 Å². The van der Waals surface area contributed by atoms with Gasteiger partial charge in [-0.3, -0.25) is 4.79 Å². The van der Waals surface area contributed by atoms with E-state index in [1.165, 1.54) is 11.8 Å². The molecule has 2 aliphatic rings. The molecule has 10 heteroatoms. The van der Waals surface area contributed by atoms with Crippen molar-refractivity contribution in [2.24, 2.45) is 0 Å². The fourth-order valence-electron chi connectivity index (χ4n) is 4.11. The van der Waals surface area contributed by atoms with Crippen molar-refractivity contribution in [3.05, 3.63) is 0 Å². The van der Waals surface area contributed by atoms with E-state index in [1.54, 1.807) is 13.2 Å². The van der Waals surface area contributed by atoms with Crippen LogP contribution in [0.5, 0.6) is 0 Å². The Bertz CT molecular complexity index is 547. The lowest BCUT2D eigenvalue weighted by Crippen LogP contribution is -2.65. The van der Waals surface area contributed by atoms with Gasteiger partial charge < -0.3 is 30.7 Å². The molecule has 0 bridgehead atoms. The third-order valence-corrected chi connectivity index (χ3v) is 6.98. The monoisotopic (exact) mass is 456 g/mol. The van der Waals surface area contributed by atoms with E-state index in [0.717, 1.165) is 6.42 Å². The summed E-state index contributed by atoms with van der Waals surface area (Å²) in [7, 11) is 0. The summed E-state index contributed by atoms with van der Waals surface area (Å²) >= 11 is 7.48. The molecule has 0 aromatic heterocycles. The zero-order valence-corrected chi connectivity index (χ0v) is 18.8. The summed E-state index contributed by atoms with van der Waals surface area (Å²) in [5, 5.41) is 35.9. The quantitative estimate of drug-likeness (QED) is 0.362. The SMILES string of the molecule is CCCC1(F)CCNC(C(=O)NC(C(C)Cl)[C@H]2O[C@H](SC)[C@H](O)[C@@H](O)[C@H]2O)CC1. The van der Waals surface area contributed by atoms with Gasteiger partial charge >= 0.3 is 0 Å². The first-order valence-electron chi connectivity index (χ1n) is 10.2. The minimum Gasteiger partial charge on any atom is -0.388 e. The van der Waals surface area contributed by atoms with Gasteiger partial charge in [0.25, 0.3) is 0 Å². The summed E-state index contributed by atoms with van der Waals surface area (Å²) in [6, 6.07) is -1.37. The van der Waals surface area contributed by atoms with Gasteiger partial charge in [-0.25, -0.2) is 4.39 Å². The molecule has 2 fully saturated rings. The molecular formula is C19H34ClFN2O5S. The number of ether oxygens (including phenoxy) is 1. The average molecular weight is 457 g/mol. The Kier molecular flexibility index (Phi) is 9.46. The molecule has 29 heavy (non-hydrogen) atoms. The van der Waals surface area contributed by atoms with Crippen LogP contribution >= 0.6 is 23.4 Å². The lowest BCUT2D eigenvalue weighted by molar-refractivity contribution is -0.205. The second-order valence-electron chi connectivity index (χ2n) is 8.08. The second-order valence-corrected chi connectivity index (χ2v) is 9.71. The highest BCUT2D eigenvalue weighted by molar-refractivity contribution is 7.99. The van der Waals surface area contributed by atoms with Crippen LogP contribution in [0, 0.1) is 0 Å². The summed E-state index contributed by atoms with van der Waals surface area (Å²) in [4.78, 5) is 12.9. The molecule has 0 aliphatic carbocycles. The first-order valence-corrected chi connectivity index (χ1v) is 11.9. The largest absolute Gasteiger partial charge is 0.388 e. The number of aliphatic hydroxyl groups excluding tert-OH is 3. The van der Waals surface area contributed by atoms with Crippen molar-refractivity contribution in [3.63, 3.8) is 0 Å². The molecule has 0 spiro atoms. The zero-order valence-electron chi connectivity index (χ0n) is 17.2. The minimum atomic E-state index is -1.42. The van der Waals surface area contributed by atoms with Crippen molar-refractivity contribution >= 4 is 29.3 Å². The molecule has 2 rings (SSSR count). The topological polar surface area (TPSA) is 111 Å². The Balaban J connectivity index is 2.07. The standard InChI is InChI=1S/C19H34ClFN2O5S/c1-4-6-19(21)7-5-11(22-9-8-19)17(27)23-12(10(2)20)16-14(25)13(24)15(26)18(28-16)29-3/h10-16,18,22,24-26H,4-9H2,1-3H3,(H,23,27)/t10?,11?,12?,13-,14+,15+,16+,18+,19?/m0/s1. The lowest BCUT2D eigenvalue weighted by atomic mass is 9.90. The Morgan fingerprint density at radius 3 is 2.62 bits per heavy atom. The van der Waals surface area contributed by atoms with Gasteiger partial charge in [-0.15, -0.1) is 23.4 Å². The molecule has 0 radical (unpaired) electrons. The molecule has 0 aromatic carbocycles. The van der Waals surface area contributed by atoms with Crippen molar-refractivity contribution < 1.29 is 29.2 Å². The fourth-order valence-corrected chi connectivity index (χ4v) is 5.00. The first-order chi connectivity index (χ1) is 13.6. The number of halogens is 2. The molecule has 9 atom stereocenters. The molecule has 170 valence electrons. The van der Waals surface area contributed by atoms with E-state index in [4.69, 9.17) is 16.3 Å². The zero-order chi connectivity index (χ0) is 21.8. The number of alkyl halides is 2. The van der Waals surface area contributed by atoms with E-state index in [2.05, 4.69) is 10.6 Å². The molecule has 2 heterocycles. The van der Waals surface area contributed by atoms with Gasteiger partial charge in [0, 0.05) is 0 Å². The van der Waals surface area contributed by atoms with Crippen LogP contribution < -0.4 is 10.6 Å². The Morgan fingerprint density at radius 1 is 1.34 bits per heavy atom. The molecule has 5 N–H and O–H groups in total. The van der Waals surface area contributed by atoms with Crippen LogP contribution in [-0.4, -0.2) is 87.0 Å². The third kappa shape index (κ3) is 6.18. The predicted octanol–water partition coefficient (Wildman–Crippen LogP) is 0.920. The highest BCUT2D eigenvalue weighted by atomic mass is 35.5.